The summed E-state index contributed by atoms with van der Waals surface area (Å²) in [6.45, 7) is 2.07. The minimum atomic E-state index is -0.245. The summed E-state index contributed by atoms with van der Waals surface area (Å²) in [7, 11) is 0. The minimum absolute atomic E-state index is 0.00305. The smallest absolute Gasteiger partial charge is 0.273 e. The van der Waals surface area contributed by atoms with Crippen molar-refractivity contribution in [2.45, 2.75) is 31.2 Å². The van der Waals surface area contributed by atoms with Crippen LogP contribution in [0.1, 0.15) is 46.7 Å². The molecule has 0 bridgehead atoms. The number of aromatic nitrogens is 2. The lowest BCUT2D eigenvalue weighted by molar-refractivity contribution is 0.0269. The molecule has 1 spiro atoms. The Kier molecular flexibility index (Phi) is 4.09. The predicted octanol–water partition coefficient (Wildman–Crippen LogP) is 2.51. The lowest BCUT2D eigenvalue weighted by atomic mass is 9.86. The predicted molar refractivity (Wildman–Crippen MR) is 92.4 cm³/mol. The van der Waals surface area contributed by atoms with Crippen LogP contribution in [0.2, 0.25) is 0 Å². The summed E-state index contributed by atoms with van der Waals surface area (Å²) < 4.78 is 0. The number of likely N-dealkylation sites (tertiary alicyclic amines) is 2. The Morgan fingerprint density at radius 3 is 2.21 bits per heavy atom. The third-order valence-electron chi connectivity index (χ3n) is 4.99. The van der Waals surface area contributed by atoms with Gasteiger partial charge in [0.2, 0.25) is 0 Å². The van der Waals surface area contributed by atoms with Crippen LogP contribution >= 0.6 is 22.7 Å². The number of amides is 2. The zero-order valence-corrected chi connectivity index (χ0v) is 14.8. The van der Waals surface area contributed by atoms with Crippen LogP contribution < -0.4 is 0 Å². The molecule has 8 heteroatoms. The second kappa shape index (κ2) is 6.25. The zero-order chi connectivity index (χ0) is 16.6. The number of nitrogens with zero attached hydrogens (tertiary/aromatic N) is 4. The van der Waals surface area contributed by atoms with E-state index in [0.717, 1.165) is 38.8 Å². The largest absolute Gasteiger partial charge is 0.335 e. The highest BCUT2D eigenvalue weighted by Gasteiger charge is 2.47. The van der Waals surface area contributed by atoms with Crippen LogP contribution in [0.15, 0.2) is 21.8 Å². The van der Waals surface area contributed by atoms with Crippen molar-refractivity contribution in [1.29, 1.82) is 0 Å². The normalized spacial score (nSPS) is 23.8. The van der Waals surface area contributed by atoms with Crippen LogP contribution in [0.3, 0.4) is 0 Å². The SMILES string of the molecule is O=C(c1cscn1)N1CCC[C@@]2(CCCN2C(=O)c2cscn2)C1. The third-order valence-corrected chi connectivity index (χ3v) is 6.16. The molecular weight excluding hydrogens is 344 g/mol. The molecule has 0 aliphatic carbocycles. The van der Waals surface area contributed by atoms with Gasteiger partial charge in [-0.15, -0.1) is 22.7 Å². The van der Waals surface area contributed by atoms with Crippen molar-refractivity contribution in [3.05, 3.63) is 33.2 Å². The molecule has 0 unspecified atom stereocenters. The lowest BCUT2D eigenvalue weighted by Crippen LogP contribution is -2.58. The highest BCUT2D eigenvalue weighted by atomic mass is 32.1. The summed E-state index contributed by atoms with van der Waals surface area (Å²) in [5.74, 6) is -0.0278. The quantitative estimate of drug-likeness (QED) is 0.823. The van der Waals surface area contributed by atoms with Crippen LogP contribution in [-0.4, -0.2) is 56.8 Å². The summed E-state index contributed by atoms with van der Waals surface area (Å²) in [4.78, 5) is 37.6. The van der Waals surface area contributed by atoms with E-state index in [2.05, 4.69) is 9.97 Å². The van der Waals surface area contributed by atoms with Gasteiger partial charge in [0.1, 0.15) is 11.4 Å². The molecule has 0 N–H and O–H groups in total. The van der Waals surface area contributed by atoms with E-state index in [4.69, 9.17) is 0 Å². The number of hydrogen-bond acceptors (Lipinski definition) is 6. The Bertz CT molecular complexity index is 731. The topological polar surface area (TPSA) is 66.4 Å². The maximum Gasteiger partial charge on any atom is 0.273 e. The standard InChI is InChI=1S/C16H18N4O2S2/c21-14(12-7-23-10-17-12)19-5-1-3-16(9-19)4-2-6-20(16)15(22)13-8-24-11-18-13/h7-8,10-11H,1-6,9H2/t16-/m1/s1. The second-order valence-corrected chi connectivity index (χ2v) is 7.80. The van der Waals surface area contributed by atoms with Crippen LogP contribution in [0.25, 0.3) is 0 Å². The van der Waals surface area contributed by atoms with E-state index in [1.54, 1.807) is 21.8 Å². The van der Waals surface area contributed by atoms with Crippen LogP contribution in [0.5, 0.6) is 0 Å². The van der Waals surface area contributed by atoms with Gasteiger partial charge in [0.05, 0.1) is 16.6 Å². The van der Waals surface area contributed by atoms with Gasteiger partial charge in [-0.2, -0.15) is 0 Å². The lowest BCUT2D eigenvalue weighted by Gasteiger charge is -2.45. The summed E-state index contributed by atoms with van der Waals surface area (Å²) in [6, 6.07) is 0. The zero-order valence-electron chi connectivity index (χ0n) is 13.2. The Morgan fingerprint density at radius 2 is 1.58 bits per heavy atom. The van der Waals surface area contributed by atoms with Crippen LogP contribution in [0.4, 0.5) is 0 Å². The molecule has 2 saturated heterocycles. The highest BCUT2D eigenvalue weighted by molar-refractivity contribution is 7.08. The molecule has 0 radical (unpaired) electrons. The molecule has 2 amide bonds. The fraction of sp³-hybridized carbons (Fsp3) is 0.500. The number of carbonyl (C=O) groups excluding carboxylic acids is 2. The van der Waals surface area contributed by atoms with E-state index >= 15 is 0 Å². The number of thiazole rings is 2. The van der Waals surface area contributed by atoms with E-state index in [1.165, 1.54) is 22.7 Å². The van der Waals surface area contributed by atoms with Crippen LogP contribution in [0, 0.1) is 0 Å². The molecule has 0 aromatic carbocycles. The third kappa shape index (κ3) is 2.63. The van der Waals surface area contributed by atoms with Crippen molar-refractivity contribution < 1.29 is 9.59 Å². The second-order valence-electron chi connectivity index (χ2n) is 6.36. The van der Waals surface area contributed by atoms with Crippen LogP contribution in [-0.2, 0) is 0 Å². The first-order valence-corrected chi connectivity index (χ1v) is 9.96. The van der Waals surface area contributed by atoms with Crippen molar-refractivity contribution in [1.82, 2.24) is 19.8 Å². The van der Waals surface area contributed by atoms with Crippen molar-refractivity contribution in [2.75, 3.05) is 19.6 Å². The number of rotatable bonds is 2. The number of piperidine rings is 1. The maximum absolute atomic E-state index is 12.8. The maximum atomic E-state index is 12.8. The number of hydrogen-bond donors (Lipinski definition) is 0. The molecule has 24 heavy (non-hydrogen) atoms. The fourth-order valence-electron chi connectivity index (χ4n) is 3.90. The van der Waals surface area contributed by atoms with E-state index in [9.17, 15) is 9.59 Å². The van der Waals surface area contributed by atoms with E-state index < -0.39 is 0 Å². The molecule has 2 aromatic rings. The summed E-state index contributed by atoms with van der Waals surface area (Å²) in [5, 5.41) is 3.59. The molecule has 0 saturated carbocycles. The summed E-state index contributed by atoms with van der Waals surface area (Å²) >= 11 is 2.86. The van der Waals surface area contributed by atoms with Gasteiger partial charge in [0.15, 0.2) is 0 Å². The van der Waals surface area contributed by atoms with E-state index in [-0.39, 0.29) is 17.4 Å². The average molecular weight is 362 g/mol. The Labute approximate surface area is 148 Å². The molecule has 4 rings (SSSR count). The van der Waals surface area contributed by atoms with Crippen molar-refractivity contribution in [3.8, 4) is 0 Å². The molecule has 4 heterocycles. The highest BCUT2D eigenvalue weighted by Crippen LogP contribution is 2.38. The first-order valence-electron chi connectivity index (χ1n) is 8.07. The molecule has 6 nitrogen and oxygen atoms in total. The Balaban J connectivity index is 1.57. The fourth-order valence-corrected chi connectivity index (χ4v) is 4.95. The molecule has 126 valence electrons. The van der Waals surface area contributed by atoms with Gasteiger partial charge in [0, 0.05) is 30.4 Å². The molecular formula is C16H18N4O2S2. The molecule has 2 aliphatic rings. The monoisotopic (exact) mass is 362 g/mol. The number of carbonyl (C=O) groups is 2. The van der Waals surface area contributed by atoms with E-state index in [1.807, 2.05) is 9.80 Å². The van der Waals surface area contributed by atoms with Gasteiger partial charge in [-0.05, 0) is 25.7 Å². The van der Waals surface area contributed by atoms with Crippen molar-refractivity contribution >= 4 is 34.5 Å². The summed E-state index contributed by atoms with van der Waals surface area (Å²) in [6.07, 6.45) is 3.79. The first kappa shape index (κ1) is 15.7. The molecule has 2 aliphatic heterocycles. The van der Waals surface area contributed by atoms with Gasteiger partial charge in [-0.1, -0.05) is 0 Å². The first-order chi connectivity index (χ1) is 11.7. The van der Waals surface area contributed by atoms with Crippen molar-refractivity contribution in [2.24, 2.45) is 0 Å². The Hall–Kier alpha value is -1.80. The Morgan fingerprint density at radius 1 is 0.958 bits per heavy atom. The average Bonchev–Trinajstić information content (AvgIpc) is 3.35. The van der Waals surface area contributed by atoms with Gasteiger partial charge < -0.3 is 9.80 Å². The summed E-state index contributed by atoms with van der Waals surface area (Å²) in [5.41, 5.74) is 4.15. The molecule has 1 atom stereocenters. The molecule has 2 aromatic heterocycles. The van der Waals surface area contributed by atoms with Gasteiger partial charge >= 0.3 is 0 Å². The van der Waals surface area contributed by atoms with Gasteiger partial charge in [-0.3, -0.25) is 9.59 Å². The van der Waals surface area contributed by atoms with Gasteiger partial charge in [0.25, 0.3) is 11.8 Å². The van der Waals surface area contributed by atoms with Crippen molar-refractivity contribution in [3.63, 3.8) is 0 Å². The van der Waals surface area contributed by atoms with Gasteiger partial charge in [-0.25, -0.2) is 9.97 Å². The van der Waals surface area contributed by atoms with E-state index in [0.29, 0.717) is 17.9 Å². The molecule has 2 fully saturated rings. The minimum Gasteiger partial charge on any atom is -0.335 e.